The fourth-order valence-corrected chi connectivity index (χ4v) is 2.69. The summed E-state index contributed by atoms with van der Waals surface area (Å²) in [7, 11) is 0. The van der Waals surface area contributed by atoms with Gasteiger partial charge in [0.05, 0.1) is 6.33 Å². The molecule has 0 aliphatic rings. The molecule has 0 unspecified atom stereocenters. The van der Waals surface area contributed by atoms with Crippen LogP contribution in [-0.2, 0) is 6.54 Å². The number of hydrogen-bond donors (Lipinski definition) is 0. The number of rotatable bonds is 12. The Morgan fingerprint density at radius 1 is 0.889 bits per heavy atom. The topological polar surface area (TPSA) is 17.8 Å². The van der Waals surface area contributed by atoms with Crippen molar-refractivity contribution in [3.05, 3.63) is 18.7 Å². The van der Waals surface area contributed by atoms with Crippen molar-refractivity contribution in [2.24, 2.45) is 0 Å². The van der Waals surface area contributed by atoms with Gasteiger partial charge in [0, 0.05) is 18.9 Å². The van der Waals surface area contributed by atoms with E-state index in [4.69, 9.17) is 0 Å². The maximum Gasteiger partial charge on any atom is 0.0945 e. The summed E-state index contributed by atoms with van der Waals surface area (Å²) in [6, 6.07) is 0. The summed E-state index contributed by atoms with van der Waals surface area (Å²) in [6.07, 6.45) is 20.7. The van der Waals surface area contributed by atoms with E-state index in [9.17, 15) is 0 Å². The minimum Gasteiger partial charge on any atom is -0.337 e. The second-order valence-electron chi connectivity index (χ2n) is 4.98. The second kappa shape index (κ2) is 11.6. The van der Waals surface area contributed by atoms with Crippen molar-refractivity contribution >= 4 is 11.8 Å². The van der Waals surface area contributed by atoms with Gasteiger partial charge in [0.1, 0.15) is 0 Å². The highest BCUT2D eigenvalue weighted by molar-refractivity contribution is 7.98. The highest BCUT2D eigenvalue weighted by Gasteiger charge is 1.93. The number of unbranched alkanes of at least 4 members (excludes halogenated alkanes) is 8. The number of hydrogen-bond acceptors (Lipinski definition) is 2. The minimum absolute atomic E-state index is 1.13. The maximum atomic E-state index is 4.05. The van der Waals surface area contributed by atoms with Crippen LogP contribution in [0.1, 0.15) is 57.8 Å². The zero-order valence-electron chi connectivity index (χ0n) is 11.8. The van der Waals surface area contributed by atoms with Crippen molar-refractivity contribution in [2.45, 2.75) is 64.3 Å². The molecule has 0 bridgehead atoms. The zero-order valence-corrected chi connectivity index (χ0v) is 12.6. The van der Waals surface area contributed by atoms with Gasteiger partial charge in [0.2, 0.25) is 0 Å². The van der Waals surface area contributed by atoms with E-state index in [0.29, 0.717) is 0 Å². The van der Waals surface area contributed by atoms with Crippen LogP contribution < -0.4 is 0 Å². The first kappa shape index (κ1) is 15.6. The molecule has 0 aliphatic carbocycles. The van der Waals surface area contributed by atoms with Crippen molar-refractivity contribution in [1.29, 1.82) is 0 Å². The lowest BCUT2D eigenvalue weighted by atomic mass is 10.1. The molecular formula is C15H28N2S. The van der Waals surface area contributed by atoms with E-state index in [-0.39, 0.29) is 0 Å². The summed E-state index contributed by atoms with van der Waals surface area (Å²) >= 11 is 1.97. The molecule has 18 heavy (non-hydrogen) atoms. The van der Waals surface area contributed by atoms with Gasteiger partial charge in [0.25, 0.3) is 0 Å². The SMILES string of the molecule is CSCCCCCCCCCCCn1ccnc1. The Bertz CT molecular complexity index is 259. The Labute approximate surface area is 117 Å². The lowest BCUT2D eigenvalue weighted by Crippen LogP contribution is -1.93. The molecule has 2 nitrogen and oxygen atoms in total. The number of nitrogens with zero attached hydrogens (tertiary/aromatic N) is 2. The van der Waals surface area contributed by atoms with E-state index < -0.39 is 0 Å². The van der Waals surface area contributed by atoms with Crippen LogP contribution in [0.4, 0.5) is 0 Å². The van der Waals surface area contributed by atoms with Gasteiger partial charge >= 0.3 is 0 Å². The summed E-state index contributed by atoms with van der Waals surface area (Å²) in [5, 5.41) is 0. The van der Waals surface area contributed by atoms with E-state index in [1.807, 2.05) is 24.3 Å². The molecule has 1 aromatic heterocycles. The number of imidazole rings is 1. The molecule has 0 radical (unpaired) electrons. The Balaban J connectivity index is 1.73. The lowest BCUT2D eigenvalue weighted by Gasteiger charge is -2.03. The molecule has 1 rings (SSSR count). The third kappa shape index (κ3) is 8.62. The molecule has 3 heteroatoms. The highest BCUT2D eigenvalue weighted by Crippen LogP contribution is 2.11. The minimum atomic E-state index is 1.13. The van der Waals surface area contributed by atoms with Crippen LogP contribution in [0.5, 0.6) is 0 Å². The predicted octanol–water partition coefficient (Wildman–Crippen LogP) is 4.76. The van der Waals surface area contributed by atoms with E-state index in [1.54, 1.807) is 0 Å². The van der Waals surface area contributed by atoms with Gasteiger partial charge in [0.15, 0.2) is 0 Å². The molecule has 0 spiro atoms. The van der Waals surface area contributed by atoms with Crippen LogP contribution in [0, 0.1) is 0 Å². The van der Waals surface area contributed by atoms with Gasteiger partial charge in [-0.3, -0.25) is 0 Å². The summed E-state index contributed by atoms with van der Waals surface area (Å²) in [4.78, 5) is 4.05. The van der Waals surface area contributed by atoms with Crippen LogP contribution in [0.2, 0.25) is 0 Å². The molecule has 104 valence electrons. The van der Waals surface area contributed by atoms with E-state index in [0.717, 1.165) is 6.54 Å². The molecule has 1 aromatic rings. The number of aromatic nitrogens is 2. The number of aryl methyl sites for hydroxylation is 1. The Morgan fingerprint density at radius 3 is 2.06 bits per heavy atom. The molecule has 0 fully saturated rings. The van der Waals surface area contributed by atoms with Gasteiger partial charge in [-0.1, -0.05) is 44.9 Å². The van der Waals surface area contributed by atoms with Crippen LogP contribution in [-0.4, -0.2) is 21.6 Å². The monoisotopic (exact) mass is 268 g/mol. The van der Waals surface area contributed by atoms with Crippen molar-refractivity contribution < 1.29 is 0 Å². The van der Waals surface area contributed by atoms with Crippen molar-refractivity contribution in [3.63, 3.8) is 0 Å². The smallest absolute Gasteiger partial charge is 0.0945 e. The first-order chi connectivity index (χ1) is 8.93. The molecule has 0 aliphatic heterocycles. The van der Waals surface area contributed by atoms with Crippen molar-refractivity contribution in [1.82, 2.24) is 9.55 Å². The van der Waals surface area contributed by atoms with Gasteiger partial charge in [-0.25, -0.2) is 4.98 Å². The standard InChI is InChI=1S/C15H28N2S/c1-18-14-10-8-6-4-2-3-5-7-9-12-17-13-11-16-15-17/h11,13,15H,2-10,12,14H2,1H3. The quantitative estimate of drug-likeness (QED) is 0.509. The van der Waals surface area contributed by atoms with Crippen molar-refractivity contribution in [2.75, 3.05) is 12.0 Å². The number of thioether (sulfide) groups is 1. The molecule has 0 amide bonds. The largest absolute Gasteiger partial charge is 0.337 e. The normalized spacial score (nSPS) is 10.9. The van der Waals surface area contributed by atoms with Gasteiger partial charge in [-0.05, 0) is 24.9 Å². The molecule has 0 aromatic carbocycles. The summed E-state index contributed by atoms with van der Waals surface area (Å²) in [5.74, 6) is 1.34. The van der Waals surface area contributed by atoms with Crippen molar-refractivity contribution in [3.8, 4) is 0 Å². The second-order valence-corrected chi connectivity index (χ2v) is 5.96. The summed E-state index contributed by atoms with van der Waals surface area (Å²) < 4.78 is 2.17. The molecule has 0 saturated carbocycles. The third-order valence-electron chi connectivity index (χ3n) is 3.32. The summed E-state index contributed by atoms with van der Waals surface area (Å²) in [6.45, 7) is 1.13. The predicted molar refractivity (Wildman–Crippen MR) is 82.2 cm³/mol. The van der Waals surface area contributed by atoms with E-state index in [2.05, 4.69) is 22.0 Å². The molecule has 0 N–H and O–H groups in total. The Hall–Kier alpha value is -0.440. The van der Waals surface area contributed by atoms with Crippen LogP contribution in [0.3, 0.4) is 0 Å². The molecular weight excluding hydrogens is 240 g/mol. The molecule has 1 heterocycles. The first-order valence-electron chi connectivity index (χ1n) is 7.38. The van der Waals surface area contributed by atoms with Crippen LogP contribution in [0.15, 0.2) is 18.7 Å². The van der Waals surface area contributed by atoms with E-state index >= 15 is 0 Å². The zero-order chi connectivity index (χ0) is 12.9. The highest BCUT2D eigenvalue weighted by atomic mass is 32.2. The Morgan fingerprint density at radius 2 is 1.50 bits per heavy atom. The van der Waals surface area contributed by atoms with E-state index in [1.165, 1.54) is 63.5 Å². The fraction of sp³-hybridized carbons (Fsp3) is 0.800. The van der Waals surface area contributed by atoms with Crippen LogP contribution in [0.25, 0.3) is 0 Å². The molecule has 0 saturated heterocycles. The first-order valence-corrected chi connectivity index (χ1v) is 8.77. The maximum absolute atomic E-state index is 4.05. The average molecular weight is 268 g/mol. The third-order valence-corrected chi connectivity index (χ3v) is 4.02. The van der Waals surface area contributed by atoms with Crippen LogP contribution >= 0.6 is 11.8 Å². The Kier molecular flexibility index (Phi) is 10.1. The average Bonchev–Trinajstić information content (AvgIpc) is 2.89. The lowest BCUT2D eigenvalue weighted by molar-refractivity contribution is 0.539. The summed E-state index contributed by atoms with van der Waals surface area (Å²) in [5.41, 5.74) is 0. The van der Waals surface area contributed by atoms with Gasteiger partial charge < -0.3 is 4.57 Å². The molecule has 0 atom stereocenters. The van der Waals surface area contributed by atoms with Gasteiger partial charge in [-0.15, -0.1) is 0 Å². The van der Waals surface area contributed by atoms with Gasteiger partial charge in [-0.2, -0.15) is 11.8 Å². The fourth-order valence-electron chi connectivity index (χ4n) is 2.20.